The zero-order valence-electron chi connectivity index (χ0n) is 9.59. The van der Waals surface area contributed by atoms with Gasteiger partial charge in [-0.1, -0.05) is 43.1 Å². The molecule has 6 heteroatoms. The van der Waals surface area contributed by atoms with Gasteiger partial charge in [0.25, 0.3) is 0 Å². The lowest BCUT2D eigenvalue weighted by molar-refractivity contribution is -0.128. The van der Waals surface area contributed by atoms with Crippen LogP contribution in [0.25, 0.3) is 0 Å². The van der Waals surface area contributed by atoms with Gasteiger partial charge in [0.1, 0.15) is 0 Å². The molecule has 0 aromatic heterocycles. The number of halogens is 2. The Kier molecular flexibility index (Phi) is 5.13. The third-order valence-corrected chi connectivity index (χ3v) is 4.69. The van der Waals surface area contributed by atoms with Gasteiger partial charge in [-0.2, -0.15) is 0 Å². The van der Waals surface area contributed by atoms with E-state index in [0.717, 1.165) is 4.90 Å². The molecule has 0 bridgehead atoms. The summed E-state index contributed by atoms with van der Waals surface area (Å²) >= 11 is 13.5. The molecule has 3 nitrogen and oxygen atoms in total. The third kappa shape index (κ3) is 3.78. The predicted molar refractivity (Wildman–Crippen MR) is 73.3 cm³/mol. The standard InChI is InChI=1S/C11H14Cl2N2OS/c1-11(2,10(16)15-14)6-17-9-7(12)4-3-5-8(9)13/h3-5H,6,14H2,1-2H3,(H,15,16). The van der Waals surface area contributed by atoms with Crippen LogP contribution < -0.4 is 11.3 Å². The molecule has 0 heterocycles. The van der Waals surface area contributed by atoms with Crippen LogP contribution in [0.3, 0.4) is 0 Å². The maximum Gasteiger partial charge on any atom is 0.240 e. The Labute approximate surface area is 115 Å². The molecule has 1 amide bonds. The summed E-state index contributed by atoms with van der Waals surface area (Å²) in [4.78, 5) is 12.3. The van der Waals surface area contributed by atoms with E-state index in [1.165, 1.54) is 11.8 Å². The zero-order valence-corrected chi connectivity index (χ0v) is 11.9. The van der Waals surface area contributed by atoms with Gasteiger partial charge in [-0.05, 0) is 12.1 Å². The lowest BCUT2D eigenvalue weighted by atomic mass is 9.96. The van der Waals surface area contributed by atoms with Crippen molar-refractivity contribution >= 4 is 40.9 Å². The molecular formula is C11H14Cl2N2OS. The summed E-state index contributed by atoms with van der Waals surface area (Å²) in [5, 5.41) is 1.18. The Balaban J connectivity index is 2.77. The van der Waals surface area contributed by atoms with Crippen molar-refractivity contribution in [3.05, 3.63) is 28.2 Å². The Bertz CT molecular complexity index is 404. The molecule has 1 rings (SSSR count). The molecule has 1 aromatic rings. The summed E-state index contributed by atoms with van der Waals surface area (Å²) < 4.78 is 0. The van der Waals surface area contributed by atoms with E-state index in [1.54, 1.807) is 18.2 Å². The molecule has 0 spiro atoms. The Morgan fingerprint density at radius 1 is 1.41 bits per heavy atom. The summed E-state index contributed by atoms with van der Waals surface area (Å²) in [6.45, 7) is 3.62. The van der Waals surface area contributed by atoms with Crippen molar-refractivity contribution in [2.24, 2.45) is 11.3 Å². The van der Waals surface area contributed by atoms with Gasteiger partial charge >= 0.3 is 0 Å². The minimum Gasteiger partial charge on any atom is -0.294 e. The number of rotatable bonds is 4. The van der Waals surface area contributed by atoms with Crippen LogP contribution in [0, 0.1) is 5.41 Å². The number of benzene rings is 1. The Morgan fingerprint density at radius 2 is 1.94 bits per heavy atom. The van der Waals surface area contributed by atoms with E-state index in [0.29, 0.717) is 15.8 Å². The monoisotopic (exact) mass is 292 g/mol. The van der Waals surface area contributed by atoms with Crippen molar-refractivity contribution in [3.8, 4) is 0 Å². The van der Waals surface area contributed by atoms with Crippen molar-refractivity contribution < 1.29 is 4.79 Å². The zero-order chi connectivity index (χ0) is 13.1. The first-order chi connectivity index (χ1) is 7.88. The van der Waals surface area contributed by atoms with Gasteiger partial charge < -0.3 is 0 Å². The van der Waals surface area contributed by atoms with Gasteiger partial charge in [-0.25, -0.2) is 5.84 Å². The van der Waals surface area contributed by atoms with Crippen LogP contribution >= 0.6 is 35.0 Å². The fourth-order valence-corrected chi connectivity index (χ4v) is 2.91. The summed E-state index contributed by atoms with van der Waals surface area (Å²) in [6, 6.07) is 5.32. The largest absolute Gasteiger partial charge is 0.294 e. The Morgan fingerprint density at radius 3 is 2.41 bits per heavy atom. The number of carbonyl (C=O) groups excluding carboxylic acids is 1. The highest BCUT2D eigenvalue weighted by Crippen LogP contribution is 2.37. The quantitative estimate of drug-likeness (QED) is 0.388. The minimum atomic E-state index is -0.581. The fourth-order valence-electron chi connectivity index (χ4n) is 1.13. The molecule has 0 saturated carbocycles. The van der Waals surface area contributed by atoms with E-state index < -0.39 is 5.41 Å². The number of nitrogens with two attached hydrogens (primary N) is 1. The van der Waals surface area contributed by atoms with E-state index >= 15 is 0 Å². The van der Waals surface area contributed by atoms with Gasteiger partial charge in [-0.15, -0.1) is 11.8 Å². The molecule has 17 heavy (non-hydrogen) atoms. The molecule has 94 valence electrons. The van der Waals surface area contributed by atoms with E-state index in [-0.39, 0.29) is 5.91 Å². The highest BCUT2D eigenvalue weighted by atomic mass is 35.5. The molecule has 0 atom stereocenters. The summed E-state index contributed by atoms with van der Waals surface area (Å²) in [7, 11) is 0. The smallest absolute Gasteiger partial charge is 0.240 e. The SMILES string of the molecule is CC(C)(CSc1c(Cl)cccc1Cl)C(=O)NN. The average molecular weight is 293 g/mol. The number of nitrogens with one attached hydrogen (secondary N) is 1. The lowest BCUT2D eigenvalue weighted by Crippen LogP contribution is -2.42. The van der Waals surface area contributed by atoms with Gasteiger partial charge in [0.2, 0.25) is 5.91 Å². The molecule has 3 N–H and O–H groups in total. The maximum atomic E-state index is 11.5. The molecule has 0 aliphatic rings. The van der Waals surface area contributed by atoms with Crippen molar-refractivity contribution in [2.45, 2.75) is 18.7 Å². The molecule has 0 radical (unpaired) electrons. The number of thioether (sulfide) groups is 1. The van der Waals surface area contributed by atoms with E-state index in [1.807, 2.05) is 13.8 Å². The number of hydrazine groups is 1. The number of carbonyl (C=O) groups is 1. The van der Waals surface area contributed by atoms with Crippen LogP contribution in [0.2, 0.25) is 10.0 Å². The van der Waals surface area contributed by atoms with E-state index in [9.17, 15) is 4.79 Å². The van der Waals surface area contributed by atoms with Gasteiger partial charge in [0.15, 0.2) is 0 Å². The van der Waals surface area contributed by atoms with Gasteiger partial charge in [0.05, 0.1) is 15.5 Å². The fraction of sp³-hybridized carbons (Fsp3) is 0.364. The highest BCUT2D eigenvalue weighted by Gasteiger charge is 2.27. The normalized spacial score (nSPS) is 11.4. The Hall–Kier alpha value is -0.420. The molecule has 0 fully saturated rings. The van der Waals surface area contributed by atoms with E-state index in [2.05, 4.69) is 5.43 Å². The first kappa shape index (κ1) is 14.6. The van der Waals surface area contributed by atoms with Crippen LogP contribution in [0.15, 0.2) is 23.1 Å². The second-order valence-electron chi connectivity index (χ2n) is 4.20. The van der Waals surface area contributed by atoms with E-state index in [4.69, 9.17) is 29.0 Å². The summed E-state index contributed by atoms with van der Waals surface area (Å²) in [5.74, 6) is 5.45. The topological polar surface area (TPSA) is 55.1 Å². The van der Waals surface area contributed by atoms with Crippen LogP contribution in [-0.2, 0) is 4.79 Å². The van der Waals surface area contributed by atoms with Crippen LogP contribution in [-0.4, -0.2) is 11.7 Å². The second-order valence-corrected chi connectivity index (χ2v) is 6.00. The maximum absolute atomic E-state index is 11.5. The summed E-state index contributed by atoms with van der Waals surface area (Å²) in [6.07, 6.45) is 0. The van der Waals surface area contributed by atoms with Gasteiger partial charge in [-0.3, -0.25) is 10.2 Å². The molecule has 0 aliphatic carbocycles. The lowest BCUT2D eigenvalue weighted by Gasteiger charge is -2.22. The van der Waals surface area contributed by atoms with Crippen LogP contribution in [0.1, 0.15) is 13.8 Å². The molecule has 0 aliphatic heterocycles. The van der Waals surface area contributed by atoms with Crippen molar-refractivity contribution in [1.82, 2.24) is 5.43 Å². The van der Waals surface area contributed by atoms with Crippen LogP contribution in [0.4, 0.5) is 0 Å². The number of amides is 1. The number of hydrogen-bond donors (Lipinski definition) is 2. The van der Waals surface area contributed by atoms with Crippen molar-refractivity contribution in [3.63, 3.8) is 0 Å². The van der Waals surface area contributed by atoms with Gasteiger partial charge in [0, 0.05) is 10.6 Å². The minimum absolute atomic E-state index is 0.215. The van der Waals surface area contributed by atoms with Crippen molar-refractivity contribution in [1.29, 1.82) is 0 Å². The first-order valence-corrected chi connectivity index (χ1v) is 6.70. The third-order valence-electron chi connectivity index (χ3n) is 2.24. The summed E-state index contributed by atoms with van der Waals surface area (Å²) in [5.41, 5.74) is 1.57. The van der Waals surface area contributed by atoms with Crippen molar-refractivity contribution in [2.75, 3.05) is 5.75 Å². The molecule has 1 aromatic carbocycles. The predicted octanol–water partition coefficient (Wildman–Crippen LogP) is 3.10. The number of hydrogen-bond acceptors (Lipinski definition) is 3. The molecular weight excluding hydrogens is 279 g/mol. The van der Waals surface area contributed by atoms with Crippen LogP contribution in [0.5, 0.6) is 0 Å². The molecule has 0 unspecified atom stereocenters. The highest BCUT2D eigenvalue weighted by molar-refractivity contribution is 7.99. The molecule has 0 saturated heterocycles. The average Bonchev–Trinajstić information content (AvgIpc) is 2.27. The second kappa shape index (κ2) is 5.96. The first-order valence-electron chi connectivity index (χ1n) is 4.96.